The number of thiocarbonyl (C=S) groups is 1. The Hall–Kier alpha value is -3.23. The van der Waals surface area contributed by atoms with Crippen LogP contribution < -0.4 is 5.32 Å². The van der Waals surface area contributed by atoms with E-state index in [-0.39, 0.29) is 17.6 Å². The number of aromatic carboxylic acids is 1. The van der Waals surface area contributed by atoms with Gasteiger partial charge in [-0.25, -0.2) is 4.79 Å². The highest BCUT2D eigenvalue weighted by Gasteiger charge is 2.41. The van der Waals surface area contributed by atoms with Gasteiger partial charge in [0.2, 0.25) is 0 Å². The van der Waals surface area contributed by atoms with Gasteiger partial charge >= 0.3 is 5.97 Å². The van der Waals surface area contributed by atoms with Crippen LogP contribution in [0, 0.1) is 13.8 Å². The Labute approximate surface area is 199 Å². The second-order valence-corrected chi connectivity index (χ2v) is 8.99. The fourth-order valence-electron chi connectivity index (χ4n) is 4.60. The van der Waals surface area contributed by atoms with Gasteiger partial charge in [-0.1, -0.05) is 18.2 Å². The maximum atomic E-state index is 11.9. The van der Waals surface area contributed by atoms with Crippen molar-refractivity contribution in [2.45, 2.75) is 25.9 Å². The monoisotopic (exact) mass is 463 g/mol. The molecule has 0 spiro atoms. The number of aromatic nitrogens is 2. The van der Waals surface area contributed by atoms with Crippen LogP contribution in [-0.2, 0) is 0 Å². The van der Waals surface area contributed by atoms with Crippen molar-refractivity contribution in [3.63, 3.8) is 0 Å². The Morgan fingerprint density at radius 1 is 1.18 bits per heavy atom. The molecule has 3 aromatic rings. The van der Waals surface area contributed by atoms with Crippen molar-refractivity contribution in [2.24, 2.45) is 0 Å². The van der Waals surface area contributed by atoms with Gasteiger partial charge in [-0.2, -0.15) is 0 Å². The Kier molecular flexibility index (Phi) is 6.49. The molecule has 0 amide bonds. The maximum Gasteiger partial charge on any atom is 0.337 e. The van der Waals surface area contributed by atoms with Crippen molar-refractivity contribution >= 4 is 23.3 Å². The first-order valence-corrected chi connectivity index (χ1v) is 11.3. The predicted octanol–water partition coefficient (Wildman–Crippen LogP) is 3.72. The fraction of sp³-hybridized carbons (Fsp3) is 0.320. The molecule has 0 bridgehead atoms. The minimum absolute atomic E-state index is 0.0655. The molecule has 172 valence electrons. The minimum atomic E-state index is -0.942. The van der Waals surface area contributed by atoms with Gasteiger partial charge in [0.05, 0.1) is 29.0 Å². The summed E-state index contributed by atoms with van der Waals surface area (Å²) in [6, 6.07) is 15.0. The SMILES string of the molecule is Cc1cc([C@@H]2[C@H](c3ccccn3)NC(=S)N2CCN(C)C)c(C)n1-c1ccccc1C(=O)O. The number of carbonyl (C=O) groups is 1. The summed E-state index contributed by atoms with van der Waals surface area (Å²) >= 11 is 5.76. The summed E-state index contributed by atoms with van der Waals surface area (Å²) in [4.78, 5) is 20.9. The molecular weight excluding hydrogens is 434 g/mol. The molecule has 3 heterocycles. The quantitative estimate of drug-likeness (QED) is 0.517. The lowest BCUT2D eigenvalue weighted by molar-refractivity contribution is 0.0697. The zero-order valence-corrected chi connectivity index (χ0v) is 20.1. The molecule has 0 saturated carbocycles. The first kappa shape index (κ1) is 22.9. The molecule has 1 aromatic carbocycles. The number of pyridine rings is 1. The van der Waals surface area contributed by atoms with Crippen molar-refractivity contribution in [2.75, 3.05) is 27.2 Å². The van der Waals surface area contributed by atoms with Gasteiger partial charge in [0.1, 0.15) is 0 Å². The van der Waals surface area contributed by atoms with Crippen LogP contribution in [0.4, 0.5) is 0 Å². The van der Waals surface area contributed by atoms with Crippen LogP contribution >= 0.6 is 12.2 Å². The van der Waals surface area contributed by atoms with Gasteiger partial charge in [-0.15, -0.1) is 0 Å². The Bertz CT molecular complexity index is 1170. The second-order valence-electron chi connectivity index (χ2n) is 8.61. The number of benzene rings is 1. The number of likely N-dealkylation sites (N-methyl/N-ethyl adjacent to an activating group) is 1. The summed E-state index contributed by atoms with van der Waals surface area (Å²) in [7, 11) is 4.10. The zero-order chi connectivity index (χ0) is 23.7. The van der Waals surface area contributed by atoms with Gasteiger partial charge in [0.15, 0.2) is 5.11 Å². The van der Waals surface area contributed by atoms with Gasteiger partial charge in [0.25, 0.3) is 0 Å². The van der Waals surface area contributed by atoms with Crippen LogP contribution in [0.25, 0.3) is 5.69 Å². The topological polar surface area (TPSA) is 73.6 Å². The molecule has 8 heteroatoms. The van der Waals surface area contributed by atoms with Crippen LogP contribution in [0.1, 0.15) is 45.1 Å². The summed E-state index contributed by atoms with van der Waals surface area (Å²) < 4.78 is 2.03. The van der Waals surface area contributed by atoms with Crippen molar-refractivity contribution in [1.29, 1.82) is 0 Å². The smallest absolute Gasteiger partial charge is 0.337 e. The zero-order valence-electron chi connectivity index (χ0n) is 19.3. The van der Waals surface area contributed by atoms with Crippen LogP contribution in [-0.4, -0.2) is 62.7 Å². The highest BCUT2D eigenvalue weighted by atomic mass is 32.1. The number of carboxylic acid groups (broad SMARTS) is 1. The lowest BCUT2D eigenvalue weighted by Crippen LogP contribution is -2.35. The number of nitrogens with one attached hydrogen (secondary N) is 1. The highest BCUT2D eigenvalue weighted by molar-refractivity contribution is 7.80. The maximum absolute atomic E-state index is 11.9. The van der Waals surface area contributed by atoms with Crippen molar-refractivity contribution in [1.82, 2.24) is 24.7 Å². The molecule has 1 aliphatic rings. The Morgan fingerprint density at radius 2 is 1.91 bits per heavy atom. The predicted molar refractivity (Wildman–Crippen MR) is 133 cm³/mol. The van der Waals surface area contributed by atoms with Gasteiger partial charge in [-0.3, -0.25) is 4.98 Å². The lowest BCUT2D eigenvalue weighted by Gasteiger charge is -2.29. The van der Waals surface area contributed by atoms with Crippen molar-refractivity contribution < 1.29 is 9.90 Å². The van der Waals surface area contributed by atoms with Crippen molar-refractivity contribution in [3.05, 3.63) is 82.9 Å². The third-order valence-corrected chi connectivity index (χ3v) is 6.50. The average molecular weight is 464 g/mol. The molecule has 7 nitrogen and oxygen atoms in total. The third-order valence-electron chi connectivity index (χ3n) is 6.15. The number of para-hydroxylation sites is 1. The molecule has 0 unspecified atom stereocenters. The number of carboxylic acids is 1. The van der Waals surface area contributed by atoms with Gasteiger partial charge < -0.3 is 24.8 Å². The minimum Gasteiger partial charge on any atom is -0.478 e. The van der Waals surface area contributed by atoms with E-state index in [1.807, 2.05) is 62.8 Å². The van der Waals surface area contributed by atoms with E-state index in [1.54, 1.807) is 18.3 Å². The summed E-state index contributed by atoms with van der Waals surface area (Å²) in [5.41, 5.74) is 4.93. The van der Waals surface area contributed by atoms with E-state index in [2.05, 4.69) is 26.2 Å². The standard InChI is InChI=1S/C25H29N5O2S/c1-16-15-19(17(2)30(16)21-11-6-5-9-18(21)24(31)32)23-22(20-10-7-8-12-26-20)27-25(33)29(23)14-13-28(3)4/h5-12,15,22-23H,13-14H2,1-4H3,(H,27,33)(H,31,32)/t22-,23+/m0/s1. The molecule has 1 fully saturated rings. The largest absolute Gasteiger partial charge is 0.478 e. The highest BCUT2D eigenvalue weighted by Crippen LogP contribution is 2.41. The van der Waals surface area contributed by atoms with Gasteiger partial charge in [0, 0.05) is 30.7 Å². The Balaban J connectivity index is 1.84. The van der Waals surface area contributed by atoms with E-state index in [1.165, 1.54) is 0 Å². The summed E-state index contributed by atoms with van der Waals surface area (Å²) in [6.45, 7) is 5.67. The number of rotatable bonds is 7. The molecule has 0 aliphatic carbocycles. The first-order chi connectivity index (χ1) is 15.8. The number of hydrogen-bond donors (Lipinski definition) is 2. The molecule has 1 saturated heterocycles. The van der Waals surface area contributed by atoms with E-state index in [4.69, 9.17) is 12.2 Å². The molecule has 1 aliphatic heterocycles. The van der Waals surface area contributed by atoms with E-state index in [9.17, 15) is 9.90 Å². The number of aryl methyl sites for hydroxylation is 1. The molecular formula is C25H29N5O2S. The molecule has 0 radical (unpaired) electrons. The van der Waals surface area contributed by atoms with Crippen molar-refractivity contribution in [3.8, 4) is 5.69 Å². The fourth-order valence-corrected chi connectivity index (χ4v) is 4.93. The summed E-state index contributed by atoms with van der Waals surface area (Å²) in [5, 5.41) is 13.9. The molecule has 2 N–H and O–H groups in total. The molecule has 4 rings (SSSR count). The number of hydrogen-bond acceptors (Lipinski definition) is 4. The van der Waals surface area contributed by atoms with E-state index >= 15 is 0 Å². The second kappa shape index (κ2) is 9.33. The number of nitrogens with zero attached hydrogens (tertiary/aromatic N) is 4. The third kappa shape index (κ3) is 4.36. The molecule has 2 aromatic heterocycles. The Morgan fingerprint density at radius 3 is 2.58 bits per heavy atom. The molecule has 33 heavy (non-hydrogen) atoms. The van der Waals surface area contributed by atoms with Crippen LogP contribution in [0.2, 0.25) is 0 Å². The van der Waals surface area contributed by atoms with Crippen LogP contribution in [0.5, 0.6) is 0 Å². The normalized spacial score (nSPS) is 18.1. The van der Waals surface area contributed by atoms with Gasteiger partial charge in [-0.05, 0) is 76.1 Å². The molecule has 2 atom stereocenters. The average Bonchev–Trinajstić information content (AvgIpc) is 3.27. The first-order valence-electron chi connectivity index (χ1n) is 10.9. The summed E-state index contributed by atoms with van der Waals surface area (Å²) in [5.74, 6) is -0.942. The van der Waals surface area contributed by atoms with E-state index < -0.39 is 5.97 Å². The van der Waals surface area contributed by atoms with E-state index in [0.717, 1.165) is 35.7 Å². The van der Waals surface area contributed by atoms with E-state index in [0.29, 0.717) is 10.8 Å². The van der Waals surface area contributed by atoms with Crippen LogP contribution in [0.15, 0.2) is 54.7 Å². The summed E-state index contributed by atoms with van der Waals surface area (Å²) in [6.07, 6.45) is 1.80. The lowest BCUT2D eigenvalue weighted by atomic mass is 9.96. The van der Waals surface area contributed by atoms with Crippen LogP contribution in [0.3, 0.4) is 0 Å².